The molecule has 1 saturated carbocycles. The van der Waals surface area contributed by atoms with Crippen LogP contribution >= 0.6 is 11.6 Å². The van der Waals surface area contributed by atoms with Gasteiger partial charge in [-0.05, 0) is 31.9 Å². The third-order valence-corrected chi connectivity index (χ3v) is 5.38. The maximum atomic E-state index is 13.7. The van der Waals surface area contributed by atoms with Crippen molar-refractivity contribution in [1.82, 2.24) is 4.90 Å². The molecule has 0 bridgehead atoms. The normalized spacial score (nSPS) is 24.2. The van der Waals surface area contributed by atoms with Crippen molar-refractivity contribution >= 4 is 29.4 Å². The second-order valence-corrected chi connectivity index (χ2v) is 6.94. The Hall–Kier alpha value is -1.95. The Morgan fingerprint density at radius 1 is 1.28 bits per heavy atom. The Morgan fingerprint density at radius 2 is 1.88 bits per heavy atom. The number of benzene rings is 1. The molecule has 25 heavy (non-hydrogen) atoms. The Balaban J connectivity index is 1.68. The van der Waals surface area contributed by atoms with Gasteiger partial charge in [0.2, 0.25) is 11.8 Å². The van der Waals surface area contributed by atoms with Gasteiger partial charge in [-0.1, -0.05) is 30.5 Å². The van der Waals surface area contributed by atoms with Crippen LogP contribution in [0.3, 0.4) is 0 Å². The number of esters is 1. The number of carbonyl (C=O) groups excluding carboxylic acids is 3. The molecule has 3 atom stereocenters. The molecule has 0 unspecified atom stereocenters. The summed E-state index contributed by atoms with van der Waals surface area (Å²) in [7, 11) is 0. The van der Waals surface area contributed by atoms with Crippen molar-refractivity contribution in [3.05, 3.63) is 34.6 Å². The van der Waals surface area contributed by atoms with E-state index in [1.165, 1.54) is 25.1 Å². The van der Waals surface area contributed by atoms with Crippen LogP contribution in [-0.2, 0) is 25.7 Å². The predicted molar refractivity (Wildman–Crippen MR) is 88.0 cm³/mol. The maximum Gasteiger partial charge on any atom is 0.329 e. The molecule has 1 aromatic carbocycles. The van der Waals surface area contributed by atoms with E-state index in [4.69, 9.17) is 16.3 Å². The molecular weight excluding hydrogens is 349 g/mol. The van der Waals surface area contributed by atoms with Gasteiger partial charge in [-0.25, -0.2) is 9.18 Å². The van der Waals surface area contributed by atoms with Crippen LogP contribution in [0.5, 0.6) is 0 Å². The van der Waals surface area contributed by atoms with Crippen molar-refractivity contribution in [2.45, 2.75) is 45.3 Å². The topological polar surface area (TPSA) is 63.7 Å². The standard InChI is InChI=1S/C18H19ClFNO4/c1-10(18(24)25-9-13-14(19)7-4-8-15(13)20)21-16(22)11-5-2-3-6-12(11)17(21)23/h4,7-8,10-12H,2-3,5-6,9H2,1H3/t10-,11-,12-/m0/s1. The average molecular weight is 368 g/mol. The summed E-state index contributed by atoms with van der Waals surface area (Å²) in [6, 6.07) is 3.14. The Labute approximate surface area is 150 Å². The second kappa shape index (κ2) is 7.12. The molecule has 0 spiro atoms. The molecule has 1 aromatic rings. The molecule has 1 heterocycles. The molecule has 3 rings (SSSR count). The van der Waals surface area contributed by atoms with Crippen LogP contribution in [0.2, 0.25) is 5.02 Å². The smallest absolute Gasteiger partial charge is 0.329 e. The van der Waals surface area contributed by atoms with Crippen molar-refractivity contribution in [3.63, 3.8) is 0 Å². The van der Waals surface area contributed by atoms with Crippen molar-refractivity contribution < 1.29 is 23.5 Å². The first kappa shape index (κ1) is 17.9. The predicted octanol–water partition coefficient (Wildman–Crippen LogP) is 3.09. The number of hydrogen-bond donors (Lipinski definition) is 0. The van der Waals surface area contributed by atoms with E-state index in [-0.39, 0.29) is 40.8 Å². The van der Waals surface area contributed by atoms with Crippen LogP contribution in [-0.4, -0.2) is 28.7 Å². The van der Waals surface area contributed by atoms with Crippen LogP contribution in [0.25, 0.3) is 0 Å². The van der Waals surface area contributed by atoms with Crippen molar-refractivity contribution in [3.8, 4) is 0 Å². The lowest BCUT2D eigenvalue weighted by atomic mass is 9.81. The lowest BCUT2D eigenvalue weighted by Gasteiger charge is -2.21. The van der Waals surface area contributed by atoms with Crippen LogP contribution < -0.4 is 0 Å². The zero-order valence-corrected chi connectivity index (χ0v) is 14.6. The zero-order chi connectivity index (χ0) is 18.1. The minimum atomic E-state index is -1.03. The average Bonchev–Trinajstić information content (AvgIpc) is 2.85. The van der Waals surface area contributed by atoms with E-state index >= 15 is 0 Å². The number of hydrogen-bond acceptors (Lipinski definition) is 4. The molecule has 1 aliphatic heterocycles. The Bertz CT molecular complexity index is 679. The first-order valence-corrected chi connectivity index (χ1v) is 8.76. The minimum Gasteiger partial charge on any atom is -0.459 e. The summed E-state index contributed by atoms with van der Waals surface area (Å²) < 4.78 is 18.8. The van der Waals surface area contributed by atoms with Gasteiger partial charge in [0, 0.05) is 5.56 Å². The fourth-order valence-electron chi connectivity index (χ4n) is 3.61. The molecule has 0 radical (unpaired) electrons. The maximum absolute atomic E-state index is 13.7. The second-order valence-electron chi connectivity index (χ2n) is 6.53. The molecule has 0 N–H and O–H groups in total. The third-order valence-electron chi connectivity index (χ3n) is 5.02. The van der Waals surface area contributed by atoms with Gasteiger partial charge in [0.15, 0.2) is 0 Å². The van der Waals surface area contributed by atoms with Crippen molar-refractivity contribution in [2.24, 2.45) is 11.8 Å². The van der Waals surface area contributed by atoms with E-state index in [0.717, 1.165) is 17.7 Å². The van der Waals surface area contributed by atoms with E-state index in [0.29, 0.717) is 12.8 Å². The van der Waals surface area contributed by atoms with Gasteiger partial charge in [-0.15, -0.1) is 0 Å². The summed E-state index contributed by atoms with van der Waals surface area (Å²) in [6.45, 7) is 1.11. The van der Waals surface area contributed by atoms with Gasteiger partial charge in [-0.2, -0.15) is 0 Å². The summed E-state index contributed by atoms with van der Waals surface area (Å²) in [5.41, 5.74) is 0.0671. The monoisotopic (exact) mass is 367 g/mol. The first-order chi connectivity index (χ1) is 11.9. The van der Waals surface area contributed by atoms with E-state index in [1.54, 1.807) is 0 Å². The van der Waals surface area contributed by atoms with E-state index in [2.05, 4.69) is 0 Å². The van der Waals surface area contributed by atoms with Crippen LogP contribution in [0, 0.1) is 17.7 Å². The molecule has 2 amide bonds. The number of amides is 2. The highest BCUT2D eigenvalue weighted by molar-refractivity contribution is 6.31. The fourth-order valence-corrected chi connectivity index (χ4v) is 3.83. The number of carbonyl (C=O) groups is 3. The molecule has 1 aliphatic carbocycles. The van der Waals surface area contributed by atoms with Crippen LogP contribution in [0.4, 0.5) is 4.39 Å². The van der Waals surface area contributed by atoms with Gasteiger partial charge in [-0.3, -0.25) is 14.5 Å². The number of ether oxygens (including phenoxy) is 1. The number of likely N-dealkylation sites (tertiary alicyclic amines) is 1. The highest BCUT2D eigenvalue weighted by Gasteiger charge is 2.51. The third kappa shape index (κ3) is 3.27. The summed E-state index contributed by atoms with van der Waals surface area (Å²) >= 11 is 5.90. The summed E-state index contributed by atoms with van der Waals surface area (Å²) in [5.74, 6) is -2.58. The van der Waals surface area contributed by atoms with Crippen molar-refractivity contribution in [2.75, 3.05) is 0 Å². The largest absolute Gasteiger partial charge is 0.459 e. The molecule has 2 aliphatic rings. The lowest BCUT2D eigenvalue weighted by Crippen LogP contribution is -2.44. The lowest BCUT2D eigenvalue weighted by molar-refractivity contribution is -0.159. The molecule has 134 valence electrons. The van der Waals surface area contributed by atoms with Crippen LogP contribution in [0.15, 0.2) is 18.2 Å². The van der Waals surface area contributed by atoms with E-state index < -0.39 is 17.8 Å². The molecule has 7 heteroatoms. The first-order valence-electron chi connectivity index (χ1n) is 8.38. The minimum absolute atomic E-state index is 0.0671. The molecular formula is C18H19ClFNO4. The zero-order valence-electron chi connectivity index (χ0n) is 13.8. The molecule has 1 saturated heterocycles. The summed E-state index contributed by atoms with van der Waals surface area (Å²) in [4.78, 5) is 38.3. The SMILES string of the molecule is C[C@@H](C(=O)OCc1c(F)cccc1Cl)N1C(=O)[C@H]2CCCC[C@@H]2C1=O. The van der Waals surface area contributed by atoms with Gasteiger partial charge < -0.3 is 4.74 Å². The molecule has 0 aromatic heterocycles. The number of fused-ring (bicyclic) bond motifs is 1. The number of imide groups is 1. The summed E-state index contributed by atoms with van der Waals surface area (Å²) in [6.07, 6.45) is 3.19. The molecule has 2 fully saturated rings. The quantitative estimate of drug-likeness (QED) is 0.606. The van der Waals surface area contributed by atoms with Crippen LogP contribution in [0.1, 0.15) is 38.2 Å². The highest BCUT2D eigenvalue weighted by atomic mass is 35.5. The number of halogens is 2. The van der Waals surface area contributed by atoms with Gasteiger partial charge in [0.1, 0.15) is 18.5 Å². The van der Waals surface area contributed by atoms with E-state index in [9.17, 15) is 18.8 Å². The highest BCUT2D eigenvalue weighted by Crippen LogP contribution is 2.39. The van der Waals surface area contributed by atoms with Gasteiger partial charge in [0.05, 0.1) is 16.9 Å². The van der Waals surface area contributed by atoms with E-state index in [1.807, 2.05) is 0 Å². The number of rotatable bonds is 4. The van der Waals surface area contributed by atoms with Gasteiger partial charge >= 0.3 is 5.97 Å². The van der Waals surface area contributed by atoms with Crippen molar-refractivity contribution in [1.29, 1.82) is 0 Å². The Morgan fingerprint density at radius 3 is 2.44 bits per heavy atom. The summed E-state index contributed by atoms with van der Waals surface area (Å²) in [5, 5.41) is 0.153. The Kier molecular flexibility index (Phi) is 5.08. The number of nitrogens with zero attached hydrogens (tertiary/aromatic N) is 1. The molecule has 5 nitrogen and oxygen atoms in total. The van der Waals surface area contributed by atoms with Gasteiger partial charge in [0.25, 0.3) is 0 Å². The fraction of sp³-hybridized carbons (Fsp3) is 0.500.